The molecule has 0 aromatic heterocycles. The van der Waals surface area contributed by atoms with Crippen molar-refractivity contribution in [2.45, 2.75) is 128 Å². The van der Waals surface area contributed by atoms with E-state index in [-0.39, 0.29) is 24.8 Å². The molecule has 4 atom stereocenters. The summed E-state index contributed by atoms with van der Waals surface area (Å²) in [5.41, 5.74) is 11.7. The van der Waals surface area contributed by atoms with E-state index in [0.29, 0.717) is 17.3 Å². The minimum atomic E-state index is -4.84. The van der Waals surface area contributed by atoms with Gasteiger partial charge >= 0.3 is 338 Å². The van der Waals surface area contributed by atoms with Gasteiger partial charge in [-0.3, -0.25) is 0 Å². The minimum absolute atomic E-state index is 0.00637. The molecule has 0 spiro atoms. The second-order valence-electron chi connectivity index (χ2n) is 23.2. The predicted octanol–water partition coefficient (Wildman–Crippen LogP) is 14.0. The molecule has 0 aliphatic heterocycles. The van der Waals surface area contributed by atoms with Crippen LogP contribution < -0.4 is 3.27 Å². The first-order valence-electron chi connectivity index (χ1n) is 22.5. The summed E-state index contributed by atoms with van der Waals surface area (Å²) in [7, 11) is 0. The normalized spacial score (nSPS) is 40.4. The Labute approximate surface area is 335 Å². The molecule has 9 aliphatic carbocycles. The van der Waals surface area contributed by atoms with Crippen molar-refractivity contribution in [2.24, 2.45) is 62.6 Å². The van der Waals surface area contributed by atoms with Crippen molar-refractivity contribution < 1.29 is 18.3 Å². The monoisotopic (exact) mass is 808 g/mol. The number of fused-ring (bicyclic) bond motifs is 6. The van der Waals surface area contributed by atoms with E-state index in [1.807, 2.05) is 5.57 Å². The van der Waals surface area contributed by atoms with Gasteiger partial charge in [0.05, 0.1) is 0 Å². The first-order chi connectivity index (χ1) is 25.8. The zero-order valence-electron chi connectivity index (χ0n) is 36.3. The summed E-state index contributed by atoms with van der Waals surface area (Å²) in [5.74, 6) is 4.52. The second kappa shape index (κ2) is 11.1. The molecule has 0 N–H and O–H groups in total. The summed E-state index contributed by atoms with van der Waals surface area (Å²) in [6.07, 6.45) is 21.6. The summed E-state index contributed by atoms with van der Waals surface area (Å²) in [4.78, 5) is 0. The molecular formula is C54H70Zr. The van der Waals surface area contributed by atoms with Crippen LogP contribution in [0.3, 0.4) is 0 Å². The van der Waals surface area contributed by atoms with Crippen LogP contribution in [0.25, 0.3) is 5.57 Å². The van der Waals surface area contributed by atoms with Gasteiger partial charge in [0.15, 0.2) is 0 Å². The van der Waals surface area contributed by atoms with Crippen molar-refractivity contribution in [3.8, 4) is 0 Å². The Bertz CT molecular complexity index is 2230. The van der Waals surface area contributed by atoms with Gasteiger partial charge in [0.25, 0.3) is 0 Å². The van der Waals surface area contributed by atoms with Gasteiger partial charge in [-0.2, -0.15) is 0 Å². The number of hydrogen-bond acceptors (Lipinski definition) is 0. The van der Waals surface area contributed by atoms with Gasteiger partial charge in [0.2, 0.25) is 0 Å². The van der Waals surface area contributed by atoms with Crippen LogP contribution >= 0.6 is 0 Å². The number of allylic oxidation sites excluding steroid dienone is 10. The Morgan fingerprint density at radius 3 is 2.00 bits per heavy atom. The van der Waals surface area contributed by atoms with Crippen molar-refractivity contribution in [2.75, 3.05) is 0 Å². The van der Waals surface area contributed by atoms with Crippen LogP contribution in [0.2, 0.25) is 7.75 Å². The Balaban J connectivity index is 1.31. The molecule has 4 bridgehead atoms. The molecule has 9 aliphatic rings. The van der Waals surface area contributed by atoms with Crippen molar-refractivity contribution in [1.29, 1.82) is 0 Å². The molecule has 2 aromatic carbocycles. The molecule has 0 amide bonds. The molecule has 290 valence electrons. The molecule has 55 heavy (non-hydrogen) atoms. The third kappa shape index (κ3) is 3.99. The van der Waals surface area contributed by atoms with Crippen LogP contribution in [0, 0.1) is 62.6 Å². The maximum absolute atomic E-state index is 6.14. The van der Waals surface area contributed by atoms with Gasteiger partial charge < -0.3 is 0 Å². The van der Waals surface area contributed by atoms with Gasteiger partial charge in [0.1, 0.15) is 0 Å². The van der Waals surface area contributed by atoms with Crippen LogP contribution in [0.15, 0.2) is 104 Å². The van der Waals surface area contributed by atoms with Crippen LogP contribution in [-0.2, 0) is 24.7 Å². The van der Waals surface area contributed by atoms with E-state index in [9.17, 15) is 0 Å². The van der Waals surface area contributed by atoms with Crippen LogP contribution in [0.4, 0.5) is 0 Å². The molecule has 5 saturated carbocycles. The zero-order chi connectivity index (χ0) is 39.0. The molecule has 0 heterocycles. The Hall–Kier alpha value is -2.11. The molecule has 11 rings (SSSR count). The fourth-order valence-corrected chi connectivity index (χ4v) is 35.8. The quantitative estimate of drug-likeness (QED) is 0.289. The summed E-state index contributed by atoms with van der Waals surface area (Å²) >= 11 is -4.84. The molecule has 0 nitrogen and oxygen atoms in total. The van der Waals surface area contributed by atoms with Crippen molar-refractivity contribution in [1.82, 2.24) is 0 Å². The van der Waals surface area contributed by atoms with Gasteiger partial charge in [0, 0.05) is 0 Å². The Morgan fingerprint density at radius 2 is 1.35 bits per heavy atom. The van der Waals surface area contributed by atoms with Gasteiger partial charge in [-0.25, -0.2) is 0 Å². The third-order valence-corrected chi connectivity index (χ3v) is 40.4. The predicted molar refractivity (Wildman–Crippen MR) is 233 cm³/mol. The molecule has 1 heteroatoms. The van der Waals surface area contributed by atoms with E-state index in [1.165, 1.54) is 56.1 Å². The average molecular weight is 810 g/mol. The van der Waals surface area contributed by atoms with E-state index in [0.717, 1.165) is 30.1 Å². The molecule has 4 unspecified atom stereocenters. The number of hydrogen-bond donors (Lipinski definition) is 0. The van der Waals surface area contributed by atoms with E-state index >= 15 is 0 Å². The first kappa shape index (κ1) is 37.2. The Kier molecular flexibility index (Phi) is 7.52. The van der Waals surface area contributed by atoms with Crippen LogP contribution in [-0.4, -0.2) is 4.21 Å². The Morgan fingerprint density at radius 1 is 0.727 bits per heavy atom. The van der Waals surface area contributed by atoms with Gasteiger partial charge in [-0.1, -0.05) is 0 Å². The molecule has 2 aromatic rings. The number of benzene rings is 2. The second-order valence-corrected chi connectivity index (χ2v) is 38.4. The van der Waals surface area contributed by atoms with Crippen LogP contribution in [0.1, 0.15) is 125 Å². The maximum atomic E-state index is 6.14. The summed E-state index contributed by atoms with van der Waals surface area (Å²) in [6.45, 7) is 27.1. The fourth-order valence-electron chi connectivity index (χ4n) is 17.2. The topological polar surface area (TPSA) is 0 Å². The molecule has 5 fully saturated rings. The van der Waals surface area contributed by atoms with Crippen molar-refractivity contribution in [3.63, 3.8) is 0 Å². The van der Waals surface area contributed by atoms with Crippen LogP contribution in [0.5, 0.6) is 0 Å². The molecular weight excluding hydrogens is 740 g/mol. The van der Waals surface area contributed by atoms with Gasteiger partial charge in [-0.15, -0.1) is 0 Å². The van der Waals surface area contributed by atoms with E-state index in [1.54, 1.807) is 28.8 Å². The average Bonchev–Trinajstić information content (AvgIpc) is 3.75. The summed E-state index contributed by atoms with van der Waals surface area (Å²) in [5, 5.41) is 0. The summed E-state index contributed by atoms with van der Waals surface area (Å²) < 4.78 is 12.2. The van der Waals surface area contributed by atoms with Crippen molar-refractivity contribution >= 4 is 13.1 Å². The fraction of sp³-hybridized carbons (Fsp3) is 0.574. The van der Waals surface area contributed by atoms with E-state index < -0.39 is 18.3 Å². The molecule has 0 saturated heterocycles. The van der Waals surface area contributed by atoms with E-state index in [2.05, 4.69) is 153 Å². The standard InChI is InChI=1S/C29H37.C17H23.C6H5.CH3.CH2.Zr/c1-18-25-22-17-19-13-9-10-14-20(19)24(22)21-15-11-12-16-23(21)29(25,8)28(6,7)27(4,5)26(18,2)3;1-11-3-4-14(5-11)17(2)15-7-12-6-13(9-15)10-16(17)8-12;1-2-4-6-5-3-1;;;/h9-11,13-15,23H,12,16-17H2,1-8H3;4-5,11-13,15-16H,6-10H2,1-2H3;1-5H;1H3;1H2;. The SMILES string of the molecule is [CH2]=[Zr]([CH3])([C]1=CC(C2(C)C3CC4CC(C3)CC2C4)=CC1C)([c]1ccccc1)[C]1(C)C2=C3Cc4ccccc4C3=C3C=CCCC3C2(C)C(C)(C)C(C)(C)C1(C)C. The molecule has 0 radical (unpaired) electrons. The first-order valence-corrected chi connectivity index (χ1v) is 30.4. The van der Waals surface area contributed by atoms with Gasteiger partial charge in [-0.05, 0) is 0 Å². The zero-order valence-corrected chi connectivity index (χ0v) is 38.8. The van der Waals surface area contributed by atoms with E-state index in [4.69, 9.17) is 4.21 Å². The number of rotatable bonds is 4. The van der Waals surface area contributed by atoms with Crippen molar-refractivity contribution in [3.05, 3.63) is 116 Å². The third-order valence-electron chi connectivity index (χ3n) is 21.6. The summed E-state index contributed by atoms with van der Waals surface area (Å²) in [6, 6.07) is 21.6.